The van der Waals surface area contributed by atoms with Crippen molar-refractivity contribution in [1.82, 2.24) is 0 Å². The number of alkyl halides is 3. The Labute approximate surface area is 162 Å². The summed E-state index contributed by atoms with van der Waals surface area (Å²) in [4.78, 5) is 24.2. The van der Waals surface area contributed by atoms with Gasteiger partial charge in [0.15, 0.2) is 6.10 Å². The van der Waals surface area contributed by atoms with Gasteiger partial charge in [-0.3, -0.25) is 4.79 Å². The van der Waals surface area contributed by atoms with E-state index in [1.54, 1.807) is 0 Å². The molecule has 0 unspecified atom stereocenters. The van der Waals surface area contributed by atoms with Crippen LogP contribution in [-0.4, -0.2) is 18.0 Å². The van der Waals surface area contributed by atoms with Crippen molar-refractivity contribution in [2.45, 2.75) is 19.2 Å². The third kappa shape index (κ3) is 5.27. The average molecular weight is 421 g/mol. The molecule has 10 heteroatoms. The van der Waals surface area contributed by atoms with Gasteiger partial charge in [0.1, 0.15) is 0 Å². The fraction of sp³-hybridized carbons (Fsp3) is 0.176. The van der Waals surface area contributed by atoms with E-state index in [1.807, 2.05) is 0 Å². The second-order valence-corrected chi connectivity index (χ2v) is 6.30. The molecule has 0 saturated heterocycles. The van der Waals surface area contributed by atoms with Crippen LogP contribution >= 0.6 is 23.2 Å². The molecular formula is C17H13Cl2F3N2O3. The maximum absolute atomic E-state index is 12.8. The molecule has 0 heterocycles. The van der Waals surface area contributed by atoms with E-state index in [9.17, 15) is 22.8 Å². The predicted molar refractivity (Wildman–Crippen MR) is 95.8 cm³/mol. The van der Waals surface area contributed by atoms with Crippen molar-refractivity contribution >= 4 is 46.5 Å². The Balaban J connectivity index is 2.11. The highest BCUT2D eigenvalue weighted by Crippen LogP contribution is 2.34. The first-order valence-corrected chi connectivity index (χ1v) is 8.18. The average Bonchev–Trinajstić information content (AvgIpc) is 2.55. The number of esters is 1. The summed E-state index contributed by atoms with van der Waals surface area (Å²) in [7, 11) is 0. The SMILES string of the molecule is C[C@H](OC(=O)c1ccc(Cl)cc1N)C(=O)Nc1cc(C(F)(F)F)ccc1Cl. The maximum Gasteiger partial charge on any atom is 0.416 e. The molecule has 0 spiro atoms. The fourth-order valence-corrected chi connectivity index (χ4v) is 2.37. The molecule has 0 fully saturated rings. The first kappa shape index (κ1) is 20.9. The van der Waals surface area contributed by atoms with Crippen LogP contribution in [0.15, 0.2) is 36.4 Å². The molecule has 0 bridgehead atoms. The third-order valence-electron chi connectivity index (χ3n) is 3.44. The Hall–Kier alpha value is -2.45. The quantitative estimate of drug-likeness (QED) is 0.550. The van der Waals surface area contributed by atoms with Gasteiger partial charge in [-0.1, -0.05) is 23.2 Å². The van der Waals surface area contributed by atoms with Crippen LogP contribution in [0.2, 0.25) is 10.0 Å². The minimum atomic E-state index is -4.60. The number of anilines is 2. The number of ether oxygens (including phenoxy) is 1. The number of hydrogen-bond acceptors (Lipinski definition) is 4. The van der Waals surface area contributed by atoms with Crippen LogP contribution in [0.3, 0.4) is 0 Å². The largest absolute Gasteiger partial charge is 0.449 e. The van der Waals surface area contributed by atoms with Gasteiger partial charge < -0.3 is 15.8 Å². The summed E-state index contributed by atoms with van der Waals surface area (Å²) >= 11 is 11.6. The van der Waals surface area contributed by atoms with Gasteiger partial charge in [-0.2, -0.15) is 13.2 Å². The summed E-state index contributed by atoms with van der Waals surface area (Å²) in [5.74, 6) is -1.75. The minimum Gasteiger partial charge on any atom is -0.449 e. The zero-order valence-corrected chi connectivity index (χ0v) is 15.2. The van der Waals surface area contributed by atoms with Crippen molar-refractivity contribution in [3.05, 3.63) is 57.6 Å². The number of hydrogen-bond donors (Lipinski definition) is 2. The maximum atomic E-state index is 12.8. The van der Waals surface area contributed by atoms with Gasteiger partial charge in [0.2, 0.25) is 0 Å². The summed E-state index contributed by atoms with van der Waals surface area (Å²) < 4.78 is 43.3. The molecule has 0 aliphatic carbocycles. The molecule has 0 aromatic heterocycles. The van der Waals surface area contributed by atoms with Crippen LogP contribution in [0.25, 0.3) is 0 Å². The molecule has 0 aliphatic rings. The molecule has 0 saturated carbocycles. The molecule has 1 amide bonds. The number of halogens is 5. The van der Waals surface area contributed by atoms with Gasteiger partial charge in [-0.15, -0.1) is 0 Å². The van der Waals surface area contributed by atoms with Gasteiger partial charge in [0.05, 0.1) is 21.8 Å². The van der Waals surface area contributed by atoms with E-state index in [1.165, 1.54) is 25.1 Å². The van der Waals surface area contributed by atoms with Crippen molar-refractivity contribution in [3.63, 3.8) is 0 Å². The summed E-state index contributed by atoms with van der Waals surface area (Å²) in [6, 6.07) is 6.56. The summed E-state index contributed by atoms with van der Waals surface area (Å²) in [5.41, 5.74) is 4.47. The highest BCUT2D eigenvalue weighted by Gasteiger charge is 2.31. The standard InChI is InChI=1S/C17H13Cl2F3N2O3/c1-8(27-16(26)11-4-3-10(18)7-13(11)23)15(25)24-14-6-9(17(20,21)22)2-5-12(14)19/h2-8H,23H2,1H3,(H,24,25)/t8-/m0/s1. The third-order valence-corrected chi connectivity index (χ3v) is 4.00. The number of benzene rings is 2. The minimum absolute atomic E-state index is 0.00356. The van der Waals surface area contributed by atoms with Gasteiger partial charge in [0.25, 0.3) is 5.91 Å². The van der Waals surface area contributed by atoms with E-state index in [4.69, 9.17) is 33.7 Å². The fourth-order valence-electron chi connectivity index (χ4n) is 2.03. The van der Waals surface area contributed by atoms with Crippen LogP contribution in [0.1, 0.15) is 22.8 Å². The van der Waals surface area contributed by atoms with Crippen LogP contribution < -0.4 is 11.1 Å². The highest BCUT2D eigenvalue weighted by atomic mass is 35.5. The number of nitrogens with two attached hydrogens (primary N) is 1. The first-order chi connectivity index (χ1) is 12.5. The zero-order chi connectivity index (χ0) is 20.4. The van der Waals surface area contributed by atoms with E-state index in [0.29, 0.717) is 11.1 Å². The Morgan fingerprint density at radius 2 is 1.81 bits per heavy atom. The highest BCUT2D eigenvalue weighted by molar-refractivity contribution is 6.33. The van der Waals surface area contributed by atoms with Crippen molar-refractivity contribution in [2.24, 2.45) is 0 Å². The van der Waals surface area contributed by atoms with Crippen molar-refractivity contribution in [2.75, 3.05) is 11.1 Å². The second kappa shape index (κ2) is 8.06. The Morgan fingerprint density at radius 1 is 1.15 bits per heavy atom. The predicted octanol–water partition coefficient (Wildman–Crippen LogP) is 4.78. The molecule has 0 aliphatic heterocycles. The summed E-state index contributed by atoms with van der Waals surface area (Å²) in [6.45, 7) is 1.25. The van der Waals surface area contributed by atoms with E-state index >= 15 is 0 Å². The lowest BCUT2D eigenvalue weighted by atomic mass is 10.2. The second-order valence-electron chi connectivity index (χ2n) is 5.46. The first-order valence-electron chi connectivity index (χ1n) is 7.42. The van der Waals surface area contributed by atoms with Gasteiger partial charge >= 0.3 is 12.1 Å². The molecule has 27 heavy (non-hydrogen) atoms. The Morgan fingerprint density at radius 3 is 2.41 bits per heavy atom. The van der Waals surface area contributed by atoms with E-state index < -0.39 is 29.7 Å². The number of amides is 1. The Bertz CT molecular complexity index is 888. The zero-order valence-electron chi connectivity index (χ0n) is 13.7. The van der Waals surface area contributed by atoms with Crippen molar-refractivity contribution in [3.8, 4) is 0 Å². The van der Waals surface area contributed by atoms with Gasteiger partial charge in [0, 0.05) is 10.7 Å². The van der Waals surface area contributed by atoms with Crippen LogP contribution in [0.5, 0.6) is 0 Å². The monoisotopic (exact) mass is 420 g/mol. The number of rotatable bonds is 4. The number of nitrogens with one attached hydrogen (secondary N) is 1. The van der Waals surface area contributed by atoms with Crippen LogP contribution in [0, 0.1) is 0 Å². The number of carbonyl (C=O) groups is 2. The smallest absolute Gasteiger partial charge is 0.416 e. The van der Waals surface area contributed by atoms with Crippen molar-refractivity contribution < 1.29 is 27.5 Å². The lowest BCUT2D eigenvalue weighted by Gasteiger charge is -2.16. The molecule has 2 aromatic carbocycles. The molecule has 3 N–H and O–H groups in total. The molecule has 2 aromatic rings. The summed E-state index contributed by atoms with van der Waals surface area (Å²) in [5, 5.41) is 2.42. The van der Waals surface area contributed by atoms with E-state index in [-0.39, 0.29) is 22.0 Å². The van der Waals surface area contributed by atoms with Gasteiger partial charge in [-0.25, -0.2) is 4.79 Å². The molecule has 5 nitrogen and oxygen atoms in total. The van der Waals surface area contributed by atoms with Crippen LogP contribution in [0.4, 0.5) is 24.5 Å². The van der Waals surface area contributed by atoms with Crippen molar-refractivity contribution in [1.29, 1.82) is 0 Å². The lowest BCUT2D eigenvalue weighted by molar-refractivity contribution is -0.137. The molecule has 0 radical (unpaired) electrons. The number of carbonyl (C=O) groups excluding carboxylic acids is 2. The normalized spacial score (nSPS) is 12.4. The lowest BCUT2D eigenvalue weighted by Crippen LogP contribution is -2.30. The number of nitrogen functional groups attached to an aromatic ring is 1. The molecular weight excluding hydrogens is 408 g/mol. The molecule has 144 valence electrons. The molecule has 1 atom stereocenters. The Kier molecular flexibility index (Phi) is 6.22. The topological polar surface area (TPSA) is 81.4 Å². The van der Waals surface area contributed by atoms with Crippen LogP contribution in [-0.2, 0) is 15.7 Å². The van der Waals surface area contributed by atoms with E-state index in [0.717, 1.165) is 12.1 Å². The van der Waals surface area contributed by atoms with Gasteiger partial charge in [-0.05, 0) is 43.3 Å². The van der Waals surface area contributed by atoms with E-state index in [2.05, 4.69) is 5.32 Å². The molecule has 2 rings (SSSR count). The summed E-state index contributed by atoms with van der Waals surface area (Å²) in [6.07, 6.45) is -5.92.